The van der Waals surface area contributed by atoms with Gasteiger partial charge in [-0.05, 0) is 10.8 Å². The Kier molecular flexibility index (Phi) is 8.41. The van der Waals surface area contributed by atoms with Crippen LogP contribution in [0.15, 0.2) is 78.9 Å². The van der Waals surface area contributed by atoms with Crippen LogP contribution in [0.1, 0.15) is 52.7 Å². The Morgan fingerprint density at radius 3 is 1.27 bits per heavy atom. The SMILES string of the molecule is CC(C)(C)c1cccc(C(C)(C)C)c1[O-].c1ccc([O][Al+][O]c2ccccc2)cc1. The fraction of sp³-hybridized carbons (Fsp3) is 0.308. The van der Waals surface area contributed by atoms with Crippen LogP contribution in [0.2, 0.25) is 0 Å². The zero-order valence-electron chi connectivity index (χ0n) is 18.8. The molecule has 3 aromatic carbocycles. The third-order valence-corrected chi connectivity index (χ3v) is 5.22. The molecule has 156 valence electrons. The predicted molar refractivity (Wildman–Crippen MR) is 123 cm³/mol. The van der Waals surface area contributed by atoms with Crippen molar-refractivity contribution in [3.8, 4) is 17.2 Å². The van der Waals surface area contributed by atoms with Crippen molar-refractivity contribution in [2.75, 3.05) is 0 Å². The van der Waals surface area contributed by atoms with Crippen LogP contribution in [-0.4, -0.2) is 15.9 Å². The first kappa shape index (κ1) is 23.9. The molecule has 3 aromatic rings. The topological polar surface area (TPSA) is 41.5 Å². The van der Waals surface area contributed by atoms with Crippen LogP contribution in [0, 0.1) is 0 Å². The maximum absolute atomic E-state index is 12.3. The van der Waals surface area contributed by atoms with Gasteiger partial charge in [0.05, 0.1) is 0 Å². The van der Waals surface area contributed by atoms with Crippen molar-refractivity contribution in [1.82, 2.24) is 0 Å². The molecule has 0 heterocycles. The summed E-state index contributed by atoms with van der Waals surface area (Å²) in [6.07, 6.45) is 0. The van der Waals surface area contributed by atoms with Crippen LogP contribution in [0.3, 0.4) is 0 Å². The molecule has 0 radical (unpaired) electrons. The molecule has 0 unspecified atom stereocenters. The number of hydrogen-bond acceptors (Lipinski definition) is 3. The normalized spacial score (nSPS) is 11.0. The number of rotatable bonds is 4. The van der Waals surface area contributed by atoms with Crippen LogP contribution >= 0.6 is 0 Å². The Balaban J connectivity index is 0.000000214. The van der Waals surface area contributed by atoms with E-state index in [0.717, 1.165) is 22.6 Å². The zero-order valence-corrected chi connectivity index (χ0v) is 20.0. The zero-order chi connectivity index (χ0) is 22.2. The monoisotopic (exact) mass is 418 g/mol. The molecule has 30 heavy (non-hydrogen) atoms. The first-order valence-electron chi connectivity index (χ1n) is 10.1. The van der Waals surface area contributed by atoms with E-state index in [1.807, 2.05) is 78.9 Å². The van der Waals surface area contributed by atoms with Crippen LogP contribution in [-0.2, 0) is 10.8 Å². The van der Waals surface area contributed by atoms with Crippen molar-refractivity contribution in [3.63, 3.8) is 0 Å². The summed E-state index contributed by atoms with van der Waals surface area (Å²) in [6.45, 7) is 12.5. The van der Waals surface area contributed by atoms with Gasteiger partial charge in [-0.25, -0.2) is 0 Å². The molecule has 0 aliphatic carbocycles. The molecule has 0 aromatic heterocycles. The summed E-state index contributed by atoms with van der Waals surface area (Å²) in [6, 6.07) is 25.2. The summed E-state index contributed by atoms with van der Waals surface area (Å²) >= 11 is -0.499. The third-order valence-electron chi connectivity index (χ3n) is 4.49. The molecule has 0 spiro atoms. The number of para-hydroxylation sites is 3. The Hall–Kier alpha value is -2.41. The van der Waals surface area contributed by atoms with E-state index in [0.29, 0.717) is 0 Å². The minimum absolute atomic E-state index is 0.0711. The van der Waals surface area contributed by atoms with Crippen LogP contribution in [0.25, 0.3) is 0 Å². The quantitative estimate of drug-likeness (QED) is 0.486. The van der Waals surface area contributed by atoms with Gasteiger partial charge in [0, 0.05) is 0 Å². The minimum atomic E-state index is -0.499. The molecule has 0 atom stereocenters. The van der Waals surface area contributed by atoms with E-state index in [1.54, 1.807) is 0 Å². The van der Waals surface area contributed by atoms with Crippen molar-refractivity contribution in [3.05, 3.63) is 90.0 Å². The van der Waals surface area contributed by atoms with Crippen molar-refractivity contribution in [1.29, 1.82) is 0 Å². The molecule has 0 amide bonds. The molecular weight excluding hydrogens is 387 g/mol. The Bertz CT molecular complexity index is 823. The molecule has 0 aliphatic rings. The second-order valence-electron chi connectivity index (χ2n) is 9.14. The molecule has 0 saturated heterocycles. The Morgan fingerprint density at radius 2 is 0.933 bits per heavy atom. The van der Waals surface area contributed by atoms with E-state index in [9.17, 15) is 5.11 Å². The van der Waals surface area contributed by atoms with Crippen molar-refractivity contribution in [2.45, 2.75) is 52.4 Å². The Morgan fingerprint density at radius 1 is 0.567 bits per heavy atom. The van der Waals surface area contributed by atoms with E-state index < -0.39 is 15.9 Å². The molecule has 0 bridgehead atoms. The second-order valence-corrected chi connectivity index (χ2v) is 9.80. The third kappa shape index (κ3) is 7.45. The predicted octanol–water partition coefficient (Wildman–Crippen LogP) is 6.03. The van der Waals surface area contributed by atoms with Crippen molar-refractivity contribution < 1.29 is 12.7 Å². The summed E-state index contributed by atoms with van der Waals surface area (Å²) in [5.41, 5.74) is 1.68. The average molecular weight is 419 g/mol. The van der Waals surface area contributed by atoms with E-state index in [-0.39, 0.29) is 16.6 Å². The summed E-state index contributed by atoms with van der Waals surface area (Å²) in [5, 5.41) is 12.3. The van der Waals surface area contributed by atoms with Gasteiger partial charge in [-0.3, -0.25) is 0 Å². The molecule has 3 rings (SSSR count). The molecular formula is C26H31AlO3. The van der Waals surface area contributed by atoms with E-state index >= 15 is 0 Å². The fourth-order valence-corrected chi connectivity index (χ4v) is 3.44. The summed E-state index contributed by atoms with van der Waals surface area (Å²) in [7, 11) is 0. The van der Waals surface area contributed by atoms with Crippen molar-refractivity contribution >= 4 is 15.9 Å². The fourth-order valence-electron chi connectivity index (χ4n) is 2.85. The van der Waals surface area contributed by atoms with Gasteiger partial charge >= 0.3 is 95.6 Å². The summed E-state index contributed by atoms with van der Waals surface area (Å²) in [4.78, 5) is 0. The van der Waals surface area contributed by atoms with E-state index in [2.05, 4.69) is 41.5 Å². The molecule has 0 saturated carbocycles. The molecule has 3 nitrogen and oxygen atoms in total. The average Bonchev–Trinajstić information content (AvgIpc) is 2.68. The standard InChI is InChI=1S/C14H22O.2C6H6O.Al/c1-13(2,3)10-8-7-9-11(12(10)15)14(4,5)6;2*7-6-4-2-1-3-5-6;/h7-9,15H,1-6H3;2*1-5,7H;/q;;;+3/p-3. The molecule has 0 N–H and O–H groups in total. The number of benzene rings is 3. The molecule has 0 fully saturated rings. The van der Waals surface area contributed by atoms with Gasteiger partial charge in [-0.15, -0.1) is 5.75 Å². The van der Waals surface area contributed by atoms with Gasteiger partial charge in [0.1, 0.15) is 0 Å². The summed E-state index contributed by atoms with van der Waals surface area (Å²) in [5.74, 6) is 1.91. The van der Waals surface area contributed by atoms with Crippen molar-refractivity contribution in [2.24, 2.45) is 0 Å². The van der Waals surface area contributed by atoms with Gasteiger partial charge in [-0.1, -0.05) is 70.9 Å². The Labute approximate surface area is 188 Å². The molecule has 0 aliphatic heterocycles. The number of hydrogen-bond donors (Lipinski definition) is 0. The van der Waals surface area contributed by atoms with E-state index in [1.165, 1.54) is 0 Å². The molecule has 4 heteroatoms. The van der Waals surface area contributed by atoms with Crippen LogP contribution in [0.5, 0.6) is 17.2 Å². The maximum atomic E-state index is 12.3. The van der Waals surface area contributed by atoms with Gasteiger partial charge in [0.15, 0.2) is 0 Å². The van der Waals surface area contributed by atoms with Crippen LogP contribution in [0.4, 0.5) is 0 Å². The first-order chi connectivity index (χ1) is 14.1. The first-order valence-corrected chi connectivity index (χ1v) is 11.1. The van der Waals surface area contributed by atoms with Gasteiger partial charge in [0.2, 0.25) is 0 Å². The van der Waals surface area contributed by atoms with E-state index in [4.69, 9.17) is 7.58 Å². The van der Waals surface area contributed by atoms with Gasteiger partial charge in [-0.2, -0.15) is 0 Å². The summed E-state index contributed by atoms with van der Waals surface area (Å²) < 4.78 is 10.9. The van der Waals surface area contributed by atoms with Gasteiger partial charge in [0.25, 0.3) is 0 Å². The van der Waals surface area contributed by atoms with Gasteiger partial charge < -0.3 is 5.11 Å². The van der Waals surface area contributed by atoms with Crippen LogP contribution < -0.4 is 12.7 Å². The second kappa shape index (κ2) is 10.6.